The molecule has 35 heavy (non-hydrogen) atoms. The van der Waals surface area contributed by atoms with E-state index in [-0.39, 0.29) is 12.1 Å². The molecule has 1 amide bonds. The fourth-order valence-corrected chi connectivity index (χ4v) is 6.53. The maximum absolute atomic E-state index is 12.5. The molecule has 0 aromatic heterocycles. The molecule has 1 saturated heterocycles. The minimum absolute atomic E-state index is 0.109. The lowest BCUT2D eigenvalue weighted by atomic mass is 9.80. The van der Waals surface area contributed by atoms with Gasteiger partial charge in [0.2, 0.25) is 0 Å². The van der Waals surface area contributed by atoms with Crippen LogP contribution in [0.5, 0.6) is 0 Å². The van der Waals surface area contributed by atoms with E-state index in [2.05, 4.69) is 34.5 Å². The summed E-state index contributed by atoms with van der Waals surface area (Å²) in [7, 11) is -3.03. The highest BCUT2D eigenvalue weighted by molar-refractivity contribution is 7.92. The second-order valence-electron chi connectivity index (χ2n) is 12.6. The first-order chi connectivity index (χ1) is 16.2. The normalized spacial score (nSPS) is 23.8. The van der Waals surface area contributed by atoms with Crippen LogP contribution >= 0.6 is 0 Å². The van der Waals surface area contributed by atoms with E-state index >= 15 is 0 Å². The van der Waals surface area contributed by atoms with Crippen molar-refractivity contribution in [3.63, 3.8) is 0 Å². The molecule has 0 bridgehead atoms. The van der Waals surface area contributed by atoms with Gasteiger partial charge in [-0.15, -0.1) is 0 Å². The van der Waals surface area contributed by atoms with E-state index in [1.165, 1.54) is 17.7 Å². The first-order valence-electron chi connectivity index (χ1n) is 13.3. The van der Waals surface area contributed by atoms with Crippen LogP contribution in [0.4, 0.5) is 10.5 Å². The van der Waals surface area contributed by atoms with Crippen LogP contribution in [-0.4, -0.2) is 49.7 Å². The Kier molecular flexibility index (Phi) is 8.82. The molecule has 1 unspecified atom stereocenters. The molecule has 6 nitrogen and oxygen atoms in total. The summed E-state index contributed by atoms with van der Waals surface area (Å²) in [6.45, 7) is 12.8. The van der Waals surface area contributed by atoms with Gasteiger partial charge in [0.05, 0.1) is 16.5 Å². The predicted molar refractivity (Wildman–Crippen MR) is 144 cm³/mol. The van der Waals surface area contributed by atoms with Crippen molar-refractivity contribution in [3.05, 3.63) is 29.8 Å². The fraction of sp³-hybridized carbons (Fsp3) is 0.750. The van der Waals surface area contributed by atoms with E-state index in [0.29, 0.717) is 17.6 Å². The molecular weight excluding hydrogens is 460 g/mol. The molecule has 1 N–H and O–H groups in total. The topological polar surface area (TPSA) is 75.7 Å². The zero-order valence-corrected chi connectivity index (χ0v) is 23.4. The monoisotopic (exact) mass is 506 g/mol. The Morgan fingerprint density at radius 2 is 1.57 bits per heavy atom. The summed E-state index contributed by atoms with van der Waals surface area (Å²) < 4.78 is 29.8. The van der Waals surface area contributed by atoms with E-state index in [0.717, 1.165) is 51.6 Å². The third-order valence-electron chi connectivity index (χ3n) is 7.41. The van der Waals surface area contributed by atoms with Gasteiger partial charge in [0.15, 0.2) is 9.84 Å². The molecule has 1 atom stereocenters. The minimum atomic E-state index is -3.03. The van der Waals surface area contributed by atoms with Crippen molar-refractivity contribution in [2.75, 3.05) is 23.7 Å². The molecule has 2 aliphatic rings. The molecule has 1 heterocycles. The number of carbonyl (C=O) groups excluding carboxylic acids is 1. The van der Waals surface area contributed by atoms with E-state index < -0.39 is 20.2 Å². The molecule has 198 valence electrons. The maximum atomic E-state index is 12.5. The third-order valence-corrected chi connectivity index (χ3v) is 10.2. The lowest BCUT2D eigenvalue weighted by Crippen LogP contribution is -2.40. The number of hydrogen-bond acceptors (Lipinski definition) is 5. The van der Waals surface area contributed by atoms with Crippen molar-refractivity contribution in [1.82, 2.24) is 5.32 Å². The van der Waals surface area contributed by atoms with E-state index in [9.17, 15) is 13.2 Å². The number of aryl methyl sites for hydroxylation is 1. The number of nitrogens with zero attached hydrogens (tertiary/aromatic N) is 1. The number of anilines is 1. The van der Waals surface area contributed by atoms with Gasteiger partial charge >= 0.3 is 6.09 Å². The molecule has 0 spiro atoms. The lowest BCUT2D eigenvalue weighted by molar-refractivity contribution is 0.0509. The Bertz CT molecular complexity index is 937. The largest absolute Gasteiger partial charge is 0.444 e. The molecular formula is C28H46N2O4S. The SMILES string of the molecule is CC(C)(C)OC(=O)NC1CCN(c2ccc(CCC3CCC(CS(=O)(=O)C(C)(C)C)CC3)cc2)C1. The smallest absolute Gasteiger partial charge is 0.407 e. The van der Waals surface area contributed by atoms with Crippen LogP contribution in [0.2, 0.25) is 0 Å². The molecule has 1 aromatic rings. The zero-order chi connectivity index (χ0) is 25.9. The minimum Gasteiger partial charge on any atom is -0.444 e. The van der Waals surface area contributed by atoms with Crippen LogP contribution in [0.25, 0.3) is 0 Å². The Balaban J connectivity index is 1.40. The Morgan fingerprint density at radius 3 is 2.14 bits per heavy atom. The van der Waals surface area contributed by atoms with Crippen molar-refractivity contribution in [2.24, 2.45) is 11.8 Å². The third kappa shape index (κ3) is 8.40. The van der Waals surface area contributed by atoms with E-state index in [1.807, 2.05) is 41.5 Å². The van der Waals surface area contributed by atoms with Crippen LogP contribution in [-0.2, 0) is 21.0 Å². The number of carbonyl (C=O) groups is 1. The predicted octanol–water partition coefficient (Wildman–Crippen LogP) is 5.74. The van der Waals surface area contributed by atoms with E-state index in [4.69, 9.17) is 4.74 Å². The van der Waals surface area contributed by atoms with Crippen molar-refractivity contribution in [1.29, 1.82) is 0 Å². The van der Waals surface area contributed by atoms with Crippen molar-refractivity contribution >= 4 is 21.6 Å². The maximum Gasteiger partial charge on any atom is 0.407 e. The Labute approximate surface area is 213 Å². The molecule has 1 saturated carbocycles. The van der Waals surface area contributed by atoms with Crippen molar-refractivity contribution in [3.8, 4) is 0 Å². The van der Waals surface area contributed by atoms with Gasteiger partial charge in [-0.25, -0.2) is 13.2 Å². The van der Waals surface area contributed by atoms with Crippen molar-refractivity contribution in [2.45, 2.75) is 103 Å². The molecule has 7 heteroatoms. The highest BCUT2D eigenvalue weighted by Crippen LogP contribution is 2.34. The van der Waals surface area contributed by atoms with Crippen molar-refractivity contribution < 1.29 is 17.9 Å². The number of sulfone groups is 1. The number of benzene rings is 1. The molecule has 1 aliphatic heterocycles. The lowest BCUT2D eigenvalue weighted by Gasteiger charge is -2.30. The van der Waals surface area contributed by atoms with Crippen LogP contribution in [0.15, 0.2) is 24.3 Å². The number of hydrogen-bond donors (Lipinski definition) is 1. The van der Waals surface area contributed by atoms with Gasteiger partial charge in [0.1, 0.15) is 5.60 Å². The molecule has 1 aliphatic carbocycles. The number of amides is 1. The number of nitrogens with one attached hydrogen (secondary N) is 1. The fourth-order valence-electron chi connectivity index (χ4n) is 5.08. The summed E-state index contributed by atoms with van der Waals surface area (Å²) in [6, 6.07) is 8.95. The van der Waals surface area contributed by atoms with Crippen LogP contribution in [0.3, 0.4) is 0 Å². The number of rotatable bonds is 7. The molecule has 0 radical (unpaired) electrons. The van der Waals surface area contributed by atoms with Crippen LogP contribution < -0.4 is 10.2 Å². The summed E-state index contributed by atoms with van der Waals surface area (Å²) in [5.74, 6) is 1.36. The molecule has 1 aromatic carbocycles. The average Bonchev–Trinajstić information content (AvgIpc) is 3.19. The first kappa shape index (κ1) is 27.8. The Morgan fingerprint density at radius 1 is 0.971 bits per heavy atom. The second kappa shape index (κ2) is 11.1. The molecule has 2 fully saturated rings. The quantitative estimate of drug-likeness (QED) is 0.510. The highest BCUT2D eigenvalue weighted by atomic mass is 32.2. The average molecular weight is 507 g/mol. The zero-order valence-electron chi connectivity index (χ0n) is 22.6. The van der Waals surface area contributed by atoms with Crippen LogP contribution in [0, 0.1) is 11.8 Å². The summed E-state index contributed by atoms with van der Waals surface area (Å²) in [6.07, 6.45) is 7.16. The molecule has 3 rings (SSSR count). The second-order valence-corrected chi connectivity index (χ2v) is 15.4. The summed E-state index contributed by atoms with van der Waals surface area (Å²) in [4.78, 5) is 14.4. The van der Waals surface area contributed by atoms with Gasteiger partial charge in [-0.3, -0.25) is 0 Å². The van der Waals surface area contributed by atoms with Gasteiger partial charge in [-0.1, -0.05) is 25.0 Å². The number of alkyl carbamates (subject to hydrolysis) is 1. The van der Waals surface area contributed by atoms with Crippen LogP contribution in [0.1, 0.15) is 85.6 Å². The van der Waals surface area contributed by atoms with Gasteiger partial charge in [-0.05, 0) is 103 Å². The number of ether oxygens (including phenoxy) is 1. The first-order valence-corrected chi connectivity index (χ1v) is 14.9. The van der Waals surface area contributed by atoms with Gasteiger partial charge in [0, 0.05) is 18.8 Å². The van der Waals surface area contributed by atoms with Gasteiger partial charge < -0.3 is 15.0 Å². The highest BCUT2D eigenvalue weighted by Gasteiger charge is 2.33. The standard InChI is InChI=1S/C28H46N2O4S/c1-27(2,3)34-26(31)29-24-17-18-30(19-24)25-15-13-22(14-16-25)8-7-21-9-11-23(12-10-21)20-35(32,33)28(4,5)6/h13-16,21,23-24H,7-12,17-20H2,1-6H3,(H,29,31). The summed E-state index contributed by atoms with van der Waals surface area (Å²) in [5.41, 5.74) is 2.07. The van der Waals surface area contributed by atoms with Gasteiger partial charge in [0.25, 0.3) is 0 Å². The van der Waals surface area contributed by atoms with E-state index in [1.54, 1.807) is 0 Å². The summed E-state index contributed by atoms with van der Waals surface area (Å²) in [5, 5.41) is 2.99. The van der Waals surface area contributed by atoms with Gasteiger partial charge in [-0.2, -0.15) is 0 Å². The Hall–Kier alpha value is -1.76. The summed E-state index contributed by atoms with van der Waals surface area (Å²) >= 11 is 0.